The first-order valence-electron chi connectivity index (χ1n) is 8.36. The van der Waals surface area contributed by atoms with Gasteiger partial charge < -0.3 is 8.98 Å². The zero-order valence-electron chi connectivity index (χ0n) is 15.3. The van der Waals surface area contributed by atoms with Crippen molar-refractivity contribution >= 4 is 34.7 Å². The largest absolute Gasteiger partial charge is 0.403 e. The topological polar surface area (TPSA) is 130 Å². The summed E-state index contributed by atoms with van der Waals surface area (Å²) in [5.74, 6) is -0.364. The van der Waals surface area contributed by atoms with Crippen LogP contribution in [0.5, 0.6) is 0 Å². The second-order valence-electron chi connectivity index (χ2n) is 6.19. The van der Waals surface area contributed by atoms with E-state index >= 15 is 0 Å². The standard InChI is InChI=1S/C17H14ClN7O4/c1-23-13-12(15(27)24(2)17(23)28)25(8-19-13)7-11(26)20-16-22-21-14(29-16)9-5-3-4-6-10(9)18/h3-6,8H,7H2,1-2H3,(H,20,22,26). The lowest BCUT2D eigenvalue weighted by Gasteiger charge is -2.06. The number of nitrogens with one attached hydrogen (secondary N) is 1. The van der Waals surface area contributed by atoms with Gasteiger partial charge in [0.05, 0.1) is 16.9 Å². The minimum absolute atomic E-state index is 0.116. The van der Waals surface area contributed by atoms with Crippen molar-refractivity contribution < 1.29 is 9.21 Å². The van der Waals surface area contributed by atoms with Gasteiger partial charge in [-0.05, 0) is 12.1 Å². The van der Waals surface area contributed by atoms with Crippen molar-refractivity contribution in [2.75, 3.05) is 5.32 Å². The number of amides is 1. The molecule has 3 heterocycles. The molecule has 0 atom stereocenters. The van der Waals surface area contributed by atoms with Crippen molar-refractivity contribution in [2.45, 2.75) is 6.54 Å². The maximum Gasteiger partial charge on any atom is 0.332 e. The van der Waals surface area contributed by atoms with Crippen LogP contribution in [0.3, 0.4) is 0 Å². The van der Waals surface area contributed by atoms with E-state index in [-0.39, 0.29) is 29.6 Å². The van der Waals surface area contributed by atoms with Crippen molar-refractivity contribution in [1.29, 1.82) is 0 Å². The van der Waals surface area contributed by atoms with E-state index in [0.717, 1.165) is 4.57 Å². The van der Waals surface area contributed by atoms with Gasteiger partial charge in [-0.2, -0.15) is 0 Å². The van der Waals surface area contributed by atoms with Crippen molar-refractivity contribution in [3.8, 4) is 11.5 Å². The highest BCUT2D eigenvalue weighted by Crippen LogP contribution is 2.27. The summed E-state index contributed by atoms with van der Waals surface area (Å²) in [7, 11) is 2.85. The molecule has 0 aliphatic carbocycles. The van der Waals surface area contributed by atoms with Crippen molar-refractivity contribution in [2.24, 2.45) is 14.1 Å². The van der Waals surface area contributed by atoms with E-state index in [0.29, 0.717) is 10.6 Å². The number of nitrogens with zero attached hydrogens (tertiary/aromatic N) is 6. The number of hydrogen-bond donors (Lipinski definition) is 1. The molecular formula is C17H14ClN7O4. The molecule has 0 saturated heterocycles. The lowest BCUT2D eigenvalue weighted by molar-refractivity contribution is -0.116. The molecule has 3 aromatic heterocycles. The zero-order valence-corrected chi connectivity index (χ0v) is 16.0. The molecular weight excluding hydrogens is 402 g/mol. The van der Waals surface area contributed by atoms with Gasteiger partial charge in [0.15, 0.2) is 11.2 Å². The molecule has 1 N–H and O–H groups in total. The number of rotatable bonds is 4. The van der Waals surface area contributed by atoms with Gasteiger partial charge in [0.2, 0.25) is 5.91 Å². The Morgan fingerprint density at radius 2 is 1.93 bits per heavy atom. The fourth-order valence-electron chi connectivity index (χ4n) is 2.85. The summed E-state index contributed by atoms with van der Waals surface area (Å²) in [5.41, 5.74) is -0.203. The molecule has 1 aromatic carbocycles. The van der Waals surface area contributed by atoms with Gasteiger partial charge in [0, 0.05) is 14.1 Å². The van der Waals surface area contributed by atoms with E-state index in [4.69, 9.17) is 16.0 Å². The van der Waals surface area contributed by atoms with Crippen LogP contribution in [0.4, 0.5) is 6.01 Å². The predicted molar refractivity (Wildman–Crippen MR) is 104 cm³/mol. The Kier molecular flexibility index (Phi) is 4.51. The van der Waals surface area contributed by atoms with E-state index in [1.807, 2.05) is 0 Å². The Balaban J connectivity index is 1.58. The average molecular weight is 416 g/mol. The van der Waals surface area contributed by atoms with Crippen LogP contribution in [0.25, 0.3) is 22.6 Å². The number of imidazole rings is 1. The van der Waals surface area contributed by atoms with E-state index in [1.165, 1.54) is 29.6 Å². The monoisotopic (exact) mass is 415 g/mol. The summed E-state index contributed by atoms with van der Waals surface area (Å²) in [6, 6.07) is 6.80. The van der Waals surface area contributed by atoms with Gasteiger partial charge in [-0.3, -0.25) is 24.0 Å². The Morgan fingerprint density at radius 1 is 1.17 bits per heavy atom. The molecule has 0 aliphatic heterocycles. The summed E-state index contributed by atoms with van der Waals surface area (Å²) in [6.45, 7) is -0.242. The van der Waals surface area contributed by atoms with Crippen LogP contribution in [0.2, 0.25) is 5.02 Å². The molecule has 0 radical (unpaired) electrons. The predicted octanol–water partition coefficient (Wildman–Crippen LogP) is 0.776. The van der Waals surface area contributed by atoms with Gasteiger partial charge >= 0.3 is 11.7 Å². The minimum atomic E-state index is -0.549. The molecule has 0 saturated carbocycles. The van der Waals surface area contributed by atoms with Crippen LogP contribution < -0.4 is 16.6 Å². The zero-order chi connectivity index (χ0) is 20.7. The molecule has 4 rings (SSSR count). The summed E-state index contributed by atoms with van der Waals surface area (Å²) in [4.78, 5) is 40.9. The molecule has 148 valence electrons. The Morgan fingerprint density at radius 3 is 2.69 bits per heavy atom. The quantitative estimate of drug-likeness (QED) is 0.521. The molecule has 1 amide bonds. The lowest BCUT2D eigenvalue weighted by atomic mass is 10.2. The molecule has 4 aromatic rings. The smallest absolute Gasteiger partial charge is 0.332 e. The number of carbonyl (C=O) groups is 1. The van der Waals surface area contributed by atoms with E-state index in [1.54, 1.807) is 24.3 Å². The number of aryl methyl sites for hydroxylation is 1. The summed E-state index contributed by atoms with van der Waals surface area (Å²) in [6.07, 6.45) is 1.31. The summed E-state index contributed by atoms with van der Waals surface area (Å²) in [5, 5.41) is 10.5. The van der Waals surface area contributed by atoms with Crippen molar-refractivity contribution in [1.82, 2.24) is 28.9 Å². The number of halogens is 1. The van der Waals surface area contributed by atoms with E-state index < -0.39 is 17.2 Å². The first-order valence-corrected chi connectivity index (χ1v) is 8.73. The van der Waals surface area contributed by atoms with Crippen LogP contribution in [-0.4, -0.2) is 34.8 Å². The van der Waals surface area contributed by atoms with Crippen LogP contribution >= 0.6 is 11.6 Å². The molecule has 0 aliphatic rings. The number of anilines is 1. The highest BCUT2D eigenvalue weighted by atomic mass is 35.5. The SMILES string of the molecule is Cn1c(=O)c2c(ncn2CC(=O)Nc2nnc(-c3ccccc3Cl)o2)n(C)c1=O. The van der Waals surface area contributed by atoms with E-state index in [9.17, 15) is 14.4 Å². The average Bonchev–Trinajstić information content (AvgIpc) is 3.32. The van der Waals surface area contributed by atoms with Gasteiger partial charge in [-0.15, -0.1) is 5.10 Å². The summed E-state index contributed by atoms with van der Waals surface area (Å²) >= 11 is 6.09. The Hall–Kier alpha value is -3.73. The number of benzene rings is 1. The molecule has 0 bridgehead atoms. The third kappa shape index (κ3) is 3.21. The van der Waals surface area contributed by atoms with Crippen LogP contribution in [0, 0.1) is 0 Å². The number of carbonyl (C=O) groups excluding carboxylic acids is 1. The molecule has 12 heteroatoms. The first-order chi connectivity index (χ1) is 13.9. The highest BCUT2D eigenvalue weighted by Gasteiger charge is 2.18. The lowest BCUT2D eigenvalue weighted by Crippen LogP contribution is -2.37. The van der Waals surface area contributed by atoms with Crippen molar-refractivity contribution in [3.63, 3.8) is 0 Å². The third-order valence-corrected chi connectivity index (χ3v) is 4.64. The molecule has 0 unspecified atom stereocenters. The fourth-order valence-corrected chi connectivity index (χ4v) is 3.06. The normalized spacial score (nSPS) is 11.1. The fraction of sp³-hybridized carbons (Fsp3) is 0.176. The molecule has 0 spiro atoms. The third-order valence-electron chi connectivity index (χ3n) is 4.31. The van der Waals surface area contributed by atoms with Gasteiger partial charge in [-0.25, -0.2) is 9.78 Å². The molecule has 29 heavy (non-hydrogen) atoms. The maximum atomic E-state index is 12.4. The van der Waals surface area contributed by atoms with Crippen molar-refractivity contribution in [3.05, 3.63) is 56.5 Å². The van der Waals surface area contributed by atoms with Crippen LogP contribution in [0.1, 0.15) is 0 Å². The Labute approximate surface area is 167 Å². The molecule has 0 fully saturated rings. The highest BCUT2D eigenvalue weighted by molar-refractivity contribution is 6.33. The van der Waals surface area contributed by atoms with Gasteiger partial charge in [0.1, 0.15) is 6.54 Å². The first kappa shape index (κ1) is 18.6. The van der Waals surface area contributed by atoms with E-state index in [2.05, 4.69) is 20.5 Å². The minimum Gasteiger partial charge on any atom is -0.403 e. The second-order valence-corrected chi connectivity index (χ2v) is 6.60. The van der Waals surface area contributed by atoms with Gasteiger partial charge in [-0.1, -0.05) is 28.8 Å². The number of hydrogen-bond acceptors (Lipinski definition) is 7. The number of fused-ring (bicyclic) bond motifs is 1. The number of aromatic nitrogens is 6. The second kappa shape index (κ2) is 7.02. The summed E-state index contributed by atoms with van der Waals surface area (Å²) < 4.78 is 8.96. The van der Waals surface area contributed by atoms with Gasteiger partial charge in [0.25, 0.3) is 11.4 Å². The van der Waals surface area contributed by atoms with Crippen LogP contribution in [-0.2, 0) is 25.4 Å². The molecule has 11 nitrogen and oxygen atoms in total. The maximum absolute atomic E-state index is 12.4. The Bertz CT molecular complexity index is 1360. The van der Waals surface area contributed by atoms with Crippen LogP contribution in [0.15, 0.2) is 44.6 Å².